The number of carbonyl (C=O) groups excluding carboxylic acids is 1. The van der Waals surface area contributed by atoms with Crippen molar-refractivity contribution in [3.63, 3.8) is 0 Å². The molecule has 5 nitrogen and oxygen atoms in total. The Morgan fingerprint density at radius 2 is 1.82 bits per heavy atom. The average molecular weight is 319 g/mol. The molecule has 0 radical (unpaired) electrons. The summed E-state index contributed by atoms with van der Waals surface area (Å²) in [5, 5.41) is 12.2. The summed E-state index contributed by atoms with van der Waals surface area (Å²) in [7, 11) is 0. The van der Waals surface area contributed by atoms with Gasteiger partial charge in [-0.05, 0) is 37.6 Å². The number of hydrogen-bond acceptors (Lipinski definition) is 3. The molecule has 0 saturated carbocycles. The molecule has 1 amide bonds. The quantitative estimate of drug-likeness (QED) is 0.906. The Hall–Kier alpha value is -2.40. The van der Waals surface area contributed by atoms with Gasteiger partial charge in [0.25, 0.3) is 5.91 Å². The summed E-state index contributed by atoms with van der Waals surface area (Å²) >= 11 is 5.92. The van der Waals surface area contributed by atoms with Crippen LogP contribution in [-0.4, -0.2) is 22.0 Å². The van der Waals surface area contributed by atoms with Crippen molar-refractivity contribution in [2.24, 2.45) is 0 Å². The number of halogens is 1. The summed E-state index contributed by atoms with van der Waals surface area (Å²) in [5.74, 6) is -1.26. The molecule has 6 heteroatoms. The maximum absolute atomic E-state index is 12.1. The minimum absolute atomic E-state index is 0.267. The van der Waals surface area contributed by atoms with E-state index in [9.17, 15) is 14.7 Å². The Morgan fingerprint density at radius 3 is 2.36 bits per heavy atom. The number of pyridine rings is 1. The van der Waals surface area contributed by atoms with E-state index >= 15 is 0 Å². The van der Waals surface area contributed by atoms with Crippen LogP contribution in [0.1, 0.15) is 29.8 Å². The van der Waals surface area contributed by atoms with E-state index in [-0.39, 0.29) is 10.9 Å². The van der Waals surface area contributed by atoms with Gasteiger partial charge < -0.3 is 10.4 Å². The molecule has 0 bridgehead atoms. The molecule has 22 heavy (non-hydrogen) atoms. The molecule has 2 rings (SSSR count). The number of aliphatic carboxylic acids is 1. The monoisotopic (exact) mass is 318 g/mol. The van der Waals surface area contributed by atoms with Gasteiger partial charge in [-0.1, -0.05) is 23.7 Å². The van der Waals surface area contributed by atoms with E-state index in [1.165, 1.54) is 18.5 Å². The molecule has 2 aromatic rings. The third-order valence-corrected chi connectivity index (χ3v) is 3.72. The van der Waals surface area contributed by atoms with E-state index in [0.717, 1.165) is 0 Å². The topological polar surface area (TPSA) is 79.3 Å². The normalized spacial score (nSPS) is 11.0. The van der Waals surface area contributed by atoms with Crippen molar-refractivity contribution >= 4 is 29.2 Å². The third-order valence-electron chi connectivity index (χ3n) is 3.42. The van der Waals surface area contributed by atoms with Gasteiger partial charge in [0.2, 0.25) is 0 Å². The van der Waals surface area contributed by atoms with Crippen molar-refractivity contribution in [1.29, 1.82) is 0 Å². The van der Waals surface area contributed by atoms with E-state index in [1.807, 2.05) is 0 Å². The number of anilines is 1. The molecule has 0 aliphatic rings. The number of aromatic nitrogens is 1. The largest absolute Gasteiger partial charge is 0.481 e. The van der Waals surface area contributed by atoms with Crippen molar-refractivity contribution in [2.75, 3.05) is 5.32 Å². The summed E-state index contributed by atoms with van der Waals surface area (Å²) in [4.78, 5) is 27.1. The number of rotatable bonds is 4. The van der Waals surface area contributed by atoms with Crippen LogP contribution >= 0.6 is 11.6 Å². The number of carboxylic acid groups (broad SMARTS) is 1. The van der Waals surface area contributed by atoms with Gasteiger partial charge in [0.05, 0.1) is 16.0 Å². The van der Waals surface area contributed by atoms with Gasteiger partial charge in [0.1, 0.15) is 0 Å². The lowest BCUT2D eigenvalue weighted by Gasteiger charge is -2.19. The second-order valence-corrected chi connectivity index (χ2v) is 5.72. The maximum atomic E-state index is 12.1. The summed E-state index contributed by atoms with van der Waals surface area (Å²) in [6.07, 6.45) is 2.88. The molecular formula is C16H15ClN2O3. The fraction of sp³-hybridized carbons (Fsp3) is 0.188. The van der Waals surface area contributed by atoms with Gasteiger partial charge in [-0.15, -0.1) is 0 Å². The minimum atomic E-state index is -0.989. The van der Waals surface area contributed by atoms with Crippen LogP contribution in [0.15, 0.2) is 42.7 Å². The Balaban J connectivity index is 2.17. The van der Waals surface area contributed by atoms with Crippen LogP contribution in [0, 0.1) is 0 Å². The van der Waals surface area contributed by atoms with Crippen molar-refractivity contribution in [3.8, 4) is 0 Å². The zero-order chi connectivity index (χ0) is 16.3. The highest BCUT2D eigenvalue weighted by Gasteiger charge is 2.29. The van der Waals surface area contributed by atoms with Crippen molar-refractivity contribution in [2.45, 2.75) is 19.3 Å². The van der Waals surface area contributed by atoms with Crippen LogP contribution in [0.3, 0.4) is 0 Å². The highest BCUT2D eigenvalue weighted by molar-refractivity contribution is 6.34. The molecule has 0 aliphatic heterocycles. The molecule has 114 valence electrons. The summed E-state index contributed by atoms with van der Waals surface area (Å²) in [6.45, 7) is 3.25. The number of amides is 1. The second kappa shape index (κ2) is 6.15. The maximum Gasteiger partial charge on any atom is 0.313 e. The predicted molar refractivity (Wildman–Crippen MR) is 84.3 cm³/mol. The lowest BCUT2D eigenvalue weighted by atomic mass is 9.85. The Kier molecular flexibility index (Phi) is 4.47. The first-order chi connectivity index (χ1) is 10.3. The van der Waals surface area contributed by atoms with Crippen molar-refractivity contribution < 1.29 is 14.7 Å². The van der Waals surface area contributed by atoms with Gasteiger partial charge in [-0.25, -0.2) is 0 Å². The van der Waals surface area contributed by atoms with E-state index in [1.54, 1.807) is 38.1 Å². The van der Waals surface area contributed by atoms with Crippen LogP contribution in [-0.2, 0) is 10.2 Å². The first-order valence-corrected chi connectivity index (χ1v) is 6.95. The summed E-state index contributed by atoms with van der Waals surface area (Å²) in [5.41, 5.74) is 0.547. The van der Waals surface area contributed by atoms with Gasteiger partial charge in [-0.3, -0.25) is 14.6 Å². The molecule has 0 saturated heterocycles. The Bertz CT molecular complexity index is 712. The molecule has 1 aromatic carbocycles. The van der Waals surface area contributed by atoms with E-state index in [2.05, 4.69) is 10.3 Å². The smallest absolute Gasteiger partial charge is 0.313 e. The fourth-order valence-corrected chi connectivity index (χ4v) is 2.06. The predicted octanol–water partition coefficient (Wildman–Crippen LogP) is 3.35. The lowest BCUT2D eigenvalue weighted by molar-refractivity contribution is -0.142. The van der Waals surface area contributed by atoms with Crippen LogP contribution in [0.4, 0.5) is 5.69 Å². The third kappa shape index (κ3) is 3.26. The molecular weight excluding hydrogens is 304 g/mol. The fourth-order valence-electron chi connectivity index (χ4n) is 1.85. The van der Waals surface area contributed by atoms with Gasteiger partial charge >= 0.3 is 5.97 Å². The molecule has 0 spiro atoms. The molecule has 0 fully saturated rings. The number of nitrogens with one attached hydrogen (secondary N) is 1. The number of nitrogens with zero attached hydrogens (tertiary/aromatic N) is 1. The van der Waals surface area contributed by atoms with Crippen molar-refractivity contribution in [1.82, 2.24) is 4.98 Å². The van der Waals surface area contributed by atoms with Crippen LogP contribution < -0.4 is 5.32 Å². The minimum Gasteiger partial charge on any atom is -0.481 e. The highest BCUT2D eigenvalue weighted by atomic mass is 35.5. The molecule has 0 atom stereocenters. The standard InChI is InChI=1S/C16H15ClN2O3/c1-16(2,15(21)22)10-3-5-11(6-4-10)19-14(20)12-7-8-18-9-13(12)17/h3-9H,1-2H3,(H,19,20)(H,21,22). The van der Waals surface area contributed by atoms with E-state index in [4.69, 9.17) is 11.6 Å². The SMILES string of the molecule is CC(C)(C(=O)O)c1ccc(NC(=O)c2ccncc2Cl)cc1. The zero-order valence-electron chi connectivity index (χ0n) is 12.1. The summed E-state index contributed by atoms with van der Waals surface area (Å²) < 4.78 is 0. The lowest BCUT2D eigenvalue weighted by Crippen LogP contribution is -2.28. The van der Waals surface area contributed by atoms with Crippen LogP contribution in [0.25, 0.3) is 0 Å². The second-order valence-electron chi connectivity index (χ2n) is 5.32. The molecule has 1 heterocycles. The Labute approximate surface area is 133 Å². The highest BCUT2D eigenvalue weighted by Crippen LogP contribution is 2.25. The molecule has 0 unspecified atom stereocenters. The van der Waals surface area contributed by atoms with Crippen molar-refractivity contribution in [3.05, 3.63) is 58.9 Å². The molecule has 2 N–H and O–H groups in total. The summed E-state index contributed by atoms with van der Waals surface area (Å²) in [6, 6.07) is 8.20. The first-order valence-electron chi connectivity index (χ1n) is 6.57. The van der Waals surface area contributed by atoms with Crippen LogP contribution in [0.5, 0.6) is 0 Å². The van der Waals surface area contributed by atoms with Gasteiger partial charge in [-0.2, -0.15) is 0 Å². The molecule has 0 aliphatic carbocycles. The molecule has 1 aromatic heterocycles. The number of hydrogen-bond donors (Lipinski definition) is 2. The van der Waals surface area contributed by atoms with Gasteiger partial charge in [0, 0.05) is 18.1 Å². The number of carbonyl (C=O) groups is 2. The Morgan fingerprint density at radius 1 is 1.18 bits per heavy atom. The first kappa shape index (κ1) is 16.0. The zero-order valence-corrected chi connectivity index (χ0v) is 12.9. The van der Waals surface area contributed by atoms with Crippen LogP contribution in [0.2, 0.25) is 5.02 Å². The number of carboxylic acids is 1. The van der Waals surface area contributed by atoms with E-state index < -0.39 is 11.4 Å². The average Bonchev–Trinajstić information content (AvgIpc) is 2.48. The van der Waals surface area contributed by atoms with Gasteiger partial charge in [0.15, 0.2) is 0 Å². The van der Waals surface area contributed by atoms with E-state index in [0.29, 0.717) is 16.8 Å². The number of benzene rings is 1.